The summed E-state index contributed by atoms with van der Waals surface area (Å²) in [5, 5.41) is 1.25. The standard InChI is InChI=1S/C21H20Cl2N2O2/c1-26-20-11-16(13-24-25-17-8-3-2-4-9-17)19(23)12-21(20)27-14-15-7-5-6-10-18(15)22/h2-12,24-25H,13-14H2,1H3. The van der Waals surface area contributed by atoms with Crippen LogP contribution in [0.15, 0.2) is 66.7 Å². The third-order valence-corrected chi connectivity index (χ3v) is 4.68. The van der Waals surface area contributed by atoms with Crippen LogP contribution in [0.3, 0.4) is 0 Å². The van der Waals surface area contributed by atoms with Gasteiger partial charge in [0.15, 0.2) is 11.5 Å². The van der Waals surface area contributed by atoms with E-state index in [2.05, 4.69) is 10.9 Å². The summed E-state index contributed by atoms with van der Waals surface area (Å²) in [6.45, 7) is 0.856. The minimum absolute atomic E-state index is 0.333. The van der Waals surface area contributed by atoms with Crippen LogP contribution < -0.4 is 20.3 Å². The lowest BCUT2D eigenvalue weighted by Crippen LogP contribution is -2.21. The first-order chi connectivity index (χ1) is 13.2. The lowest BCUT2D eigenvalue weighted by Gasteiger charge is -2.15. The first-order valence-electron chi connectivity index (χ1n) is 8.44. The maximum absolute atomic E-state index is 6.42. The van der Waals surface area contributed by atoms with Gasteiger partial charge in [0.05, 0.1) is 7.11 Å². The van der Waals surface area contributed by atoms with Gasteiger partial charge in [-0.25, -0.2) is 5.43 Å². The second-order valence-electron chi connectivity index (χ2n) is 5.82. The summed E-state index contributed by atoms with van der Waals surface area (Å²) in [6.07, 6.45) is 0. The number of rotatable bonds is 8. The van der Waals surface area contributed by atoms with Gasteiger partial charge >= 0.3 is 0 Å². The second-order valence-corrected chi connectivity index (χ2v) is 6.63. The summed E-state index contributed by atoms with van der Waals surface area (Å²) in [7, 11) is 1.60. The SMILES string of the molecule is COc1cc(CNNc2ccccc2)c(Cl)cc1OCc1ccccc1Cl. The zero-order valence-corrected chi connectivity index (χ0v) is 16.3. The molecule has 4 nitrogen and oxygen atoms in total. The molecular weight excluding hydrogens is 383 g/mol. The molecule has 0 amide bonds. The molecular formula is C21H20Cl2N2O2. The summed E-state index contributed by atoms with van der Waals surface area (Å²) in [4.78, 5) is 0. The number of anilines is 1. The molecule has 0 saturated carbocycles. The van der Waals surface area contributed by atoms with Crippen LogP contribution in [-0.2, 0) is 13.2 Å². The average molecular weight is 403 g/mol. The highest BCUT2D eigenvalue weighted by Gasteiger charge is 2.11. The van der Waals surface area contributed by atoms with Crippen LogP contribution >= 0.6 is 23.2 Å². The minimum atomic E-state index is 0.333. The molecule has 0 aromatic heterocycles. The Balaban J connectivity index is 1.66. The number of hydrazine groups is 1. The minimum Gasteiger partial charge on any atom is -0.493 e. The number of para-hydroxylation sites is 1. The van der Waals surface area contributed by atoms with Gasteiger partial charge < -0.3 is 14.9 Å². The molecule has 140 valence electrons. The quantitative estimate of drug-likeness (QED) is 0.474. The van der Waals surface area contributed by atoms with Gasteiger partial charge in [-0.05, 0) is 29.8 Å². The predicted molar refractivity (Wildman–Crippen MR) is 111 cm³/mol. The second kappa shape index (κ2) is 9.51. The van der Waals surface area contributed by atoms with Crippen molar-refractivity contribution in [3.8, 4) is 11.5 Å². The van der Waals surface area contributed by atoms with Crippen molar-refractivity contribution in [2.24, 2.45) is 0 Å². The van der Waals surface area contributed by atoms with E-state index in [-0.39, 0.29) is 0 Å². The normalized spacial score (nSPS) is 10.5. The summed E-state index contributed by atoms with van der Waals surface area (Å²) in [5.41, 5.74) is 9.04. The van der Waals surface area contributed by atoms with E-state index in [4.69, 9.17) is 32.7 Å². The molecule has 0 aliphatic heterocycles. The largest absolute Gasteiger partial charge is 0.493 e. The van der Waals surface area contributed by atoms with Gasteiger partial charge in [0.1, 0.15) is 6.61 Å². The van der Waals surface area contributed by atoms with E-state index in [0.717, 1.165) is 16.8 Å². The molecule has 0 spiro atoms. The number of methoxy groups -OCH3 is 1. The number of benzene rings is 3. The van der Waals surface area contributed by atoms with Crippen molar-refractivity contribution in [2.45, 2.75) is 13.2 Å². The molecule has 0 heterocycles. The number of hydrogen-bond donors (Lipinski definition) is 2. The Bertz CT molecular complexity index is 889. The summed E-state index contributed by atoms with van der Waals surface area (Å²) in [6, 6.07) is 21.0. The molecule has 0 aliphatic rings. The topological polar surface area (TPSA) is 42.5 Å². The van der Waals surface area contributed by atoms with Crippen LogP contribution in [0.25, 0.3) is 0 Å². The highest BCUT2D eigenvalue weighted by molar-refractivity contribution is 6.31. The fraction of sp³-hybridized carbons (Fsp3) is 0.143. The Morgan fingerprint density at radius 2 is 1.56 bits per heavy atom. The van der Waals surface area contributed by atoms with Crippen LogP contribution in [0.4, 0.5) is 5.69 Å². The van der Waals surface area contributed by atoms with Gasteiger partial charge in [-0.2, -0.15) is 0 Å². The van der Waals surface area contributed by atoms with E-state index in [0.29, 0.717) is 34.7 Å². The zero-order chi connectivity index (χ0) is 19.1. The summed E-state index contributed by atoms with van der Waals surface area (Å²) in [5.74, 6) is 1.19. The third kappa shape index (κ3) is 5.30. The lowest BCUT2D eigenvalue weighted by molar-refractivity contribution is 0.284. The molecule has 3 aromatic carbocycles. The van der Waals surface area contributed by atoms with Crippen molar-refractivity contribution in [1.82, 2.24) is 5.43 Å². The smallest absolute Gasteiger partial charge is 0.163 e. The van der Waals surface area contributed by atoms with Gasteiger partial charge in [0.25, 0.3) is 0 Å². The molecule has 0 atom stereocenters. The first-order valence-corrected chi connectivity index (χ1v) is 9.19. The molecule has 3 aromatic rings. The van der Waals surface area contributed by atoms with E-state index >= 15 is 0 Å². The molecule has 0 radical (unpaired) electrons. The molecule has 6 heteroatoms. The van der Waals surface area contributed by atoms with Crippen molar-refractivity contribution in [3.05, 3.63) is 87.9 Å². The number of halogens is 2. The van der Waals surface area contributed by atoms with Gasteiger partial charge in [-0.1, -0.05) is 59.6 Å². The number of nitrogens with one attached hydrogen (secondary N) is 2. The summed E-state index contributed by atoms with van der Waals surface area (Å²) < 4.78 is 11.3. The third-order valence-electron chi connectivity index (χ3n) is 3.96. The highest BCUT2D eigenvalue weighted by Crippen LogP contribution is 2.34. The predicted octanol–water partition coefficient (Wildman–Crippen LogP) is 5.70. The molecule has 2 N–H and O–H groups in total. The van der Waals surface area contributed by atoms with Crippen LogP contribution in [0.1, 0.15) is 11.1 Å². The maximum Gasteiger partial charge on any atom is 0.163 e. The van der Waals surface area contributed by atoms with Crippen LogP contribution in [0.5, 0.6) is 11.5 Å². The van der Waals surface area contributed by atoms with Gasteiger partial charge in [-0.3, -0.25) is 0 Å². The number of ether oxygens (including phenoxy) is 2. The van der Waals surface area contributed by atoms with Crippen LogP contribution in [0.2, 0.25) is 10.0 Å². The van der Waals surface area contributed by atoms with Crippen molar-refractivity contribution < 1.29 is 9.47 Å². The van der Waals surface area contributed by atoms with Gasteiger partial charge in [0, 0.05) is 33.9 Å². The molecule has 0 saturated heterocycles. The van der Waals surface area contributed by atoms with E-state index in [1.165, 1.54) is 0 Å². The molecule has 0 fully saturated rings. The van der Waals surface area contributed by atoms with E-state index < -0.39 is 0 Å². The molecule has 0 aliphatic carbocycles. The van der Waals surface area contributed by atoms with Crippen molar-refractivity contribution in [3.63, 3.8) is 0 Å². The lowest BCUT2D eigenvalue weighted by atomic mass is 10.2. The Kier molecular flexibility index (Phi) is 6.82. The Morgan fingerprint density at radius 1 is 0.815 bits per heavy atom. The fourth-order valence-electron chi connectivity index (χ4n) is 2.52. The molecule has 3 rings (SSSR count). The van der Waals surface area contributed by atoms with Crippen molar-refractivity contribution in [2.75, 3.05) is 12.5 Å². The molecule has 0 unspecified atom stereocenters. The van der Waals surface area contributed by atoms with Gasteiger partial charge in [-0.15, -0.1) is 0 Å². The monoisotopic (exact) mass is 402 g/mol. The Morgan fingerprint density at radius 3 is 2.30 bits per heavy atom. The van der Waals surface area contributed by atoms with Crippen molar-refractivity contribution in [1.29, 1.82) is 0 Å². The van der Waals surface area contributed by atoms with Crippen molar-refractivity contribution >= 4 is 28.9 Å². The highest BCUT2D eigenvalue weighted by atomic mass is 35.5. The zero-order valence-electron chi connectivity index (χ0n) is 14.8. The van der Waals surface area contributed by atoms with Gasteiger partial charge in [0.2, 0.25) is 0 Å². The summed E-state index contributed by atoms with van der Waals surface area (Å²) >= 11 is 12.6. The molecule has 0 bridgehead atoms. The van der Waals surface area contributed by atoms with E-state index in [9.17, 15) is 0 Å². The molecule has 27 heavy (non-hydrogen) atoms. The van der Waals surface area contributed by atoms with E-state index in [1.807, 2.05) is 60.7 Å². The van der Waals surface area contributed by atoms with Crippen LogP contribution in [-0.4, -0.2) is 7.11 Å². The first kappa shape index (κ1) is 19.4. The van der Waals surface area contributed by atoms with E-state index in [1.54, 1.807) is 13.2 Å². The Hall–Kier alpha value is -2.40. The maximum atomic E-state index is 6.42. The number of hydrogen-bond acceptors (Lipinski definition) is 4. The fourth-order valence-corrected chi connectivity index (χ4v) is 2.93. The average Bonchev–Trinajstić information content (AvgIpc) is 2.69. The Labute approximate surface area is 169 Å². The van der Waals surface area contributed by atoms with Crippen LogP contribution in [0, 0.1) is 0 Å².